The second kappa shape index (κ2) is 7.37. The number of nitrogens with one attached hydrogen (secondary N) is 1. The molecule has 1 aromatic carbocycles. The second-order valence-electron chi connectivity index (χ2n) is 6.12. The zero-order chi connectivity index (χ0) is 18.8. The molecule has 0 spiro atoms. The van der Waals surface area contributed by atoms with Crippen molar-refractivity contribution in [3.63, 3.8) is 0 Å². The molecule has 3 rings (SSSR count). The fraction of sp³-hybridized carbons (Fsp3) is 0.211. The van der Waals surface area contributed by atoms with Crippen molar-refractivity contribution in [2.45, 2.75) is 20.4 Å². The van der Waals surface area contributed by atoms with E-state index in [-0.39, 0.29) is 11.4 Å². The molecule has 5 nitrogen and oxygen atoms in total. The van der Waals surface area contributed by atoms with Crippen molar-refractivity contribution in [3.05, 3.63) is 74.0 Å². The van der Waals surface area contributed by atoms with Crippen molar-refractivity contribution >= 4 is 21.7 Å². The van der Waals surface area contributed by atoms with Crippen molar-refractivity contribution in [3.8, 4) is 11.4 Å². The number of H-pyrrole nitrogens is 1. The largest absolute Gasteiger partial charge is 0.355 e. The topological polar surface area (TPSA) is 61.9 Å². The van der Waals surface area contributed by atoms with Crippen LogP contribution in [0.1, 0.15) is 16.8 Å². The third kappa shape index (κ3) is 3.83. The van der Waals surface area contributed by atoms with Crippen LogP contribution in [0.15, 0.2) is 45.8 Å². The second-order valence-corrected chi connectivity index (χ2v) is 6.98. The lowest BCUT2D eigenvalue weighted by atomic mass is 10.2. The van der Waals surface area contributed by atoms with Gasteiger partial charge in [-0.2, -0.15) is 0 Å². The molecular weight excluding hydrogens is 399 g/mol. The summed E-state index contributed by atoms with van der Waals surface area (Å²) in [4.78, 5) is 25.5. The number of benzene rings is 1. The SMILES string of the molecule is Cc1nc(-c2ccc(N(C)Cc3ccc(F)cc3Br)nc2)[nH]c(=O)c1C. The van der Waals surface area contributed by atoms with E-state index in [2.05, 4.69) is 30.9 Å². The summed E-state index contributed by atoms with van der Waals surface area (Å²) in [5.74, 6) is 0.984. The number of pyridine rings is 1. The Balaban J connectivity index is 1.82. The number of nitrogens with zero attached hydrogens (tertiary/aromatic N) is 3. The van der Waals surface area contributed by atoms with Crippen LogP contribution in [0.2, 0.25) is 0 Å². The number of halogens is 2. The van der Waals surface area contributed by atoms with Gasteiger partial charge in [0.05, 0.1) is 0 Å². The maximum absolute atomic E-state index is 13.2. The molecule has 0 saturated heterocycles. The van der Waals surface area contributed by atoms with Gasteiger partial charge in [0, 0.05) is 41.1 Å². The Morgan fingerprint density at radius 1 is 1.23 bits per heavy atom. The molecule has 0 aliphatic heterocycles. The summed E-state index contributed by atoms with van der Waals surface area (Å²) in [7, 11) is 1.91. The van der Waals surface area contributed by atoms with E-state index in [4.69, 9.17) is 0 Å². The zero-order valence-electron chi connectivity index (χ0n) is 14.7. The van der Waals surface area contributed by atoms with Crippen LogP contribution >= 0.6 is 15.9 Å². The molecule has 0 atom stereocenters. The van der Waals surface area contributed by atoms with Crippen molar-refractivity contribution < 1.29 is 4.39 Å². The molecule has 0 saturated carbocycles. The van der Waals surface area contributed by atoms with Gasteiger partial charge in [-0.3, -0.25) is 4.79 Å². The van der Waals surface area contributed by atoms with E-state index in [0.29, 0.717) is 23.6 Å². The maximum Gasteiger partial charge on any atom is 0.254 e. The van der Waals surface area contributed by atoms with Gasteiger partial charge >= 0.3 is 0 Å². The molecule has 0 amide bonds. The summed E-state index contributed by atoms with van der Waals surface area (Å²) in [6.45, 7) is 4.13. The Morgan fingerprint density at radius 3 is 2.62 bits per heavy atom. The van der Waals surface area contributed by atoms with Crippen molar-refractivity contribution in [2.75, 3.05) is 11.9 Å². The first-order valence-electron chi connectivity index (χ1n) is 8.04. The molecule has 134 valence electrons. The standard InChI is InChI=1S/C19H18BrFN4O/c1-11-12(2)23-18(24-19(11)26)13-5-7-17(22-9-13)25(3)10-14-4-6-15(21)8-16(14)20/h4-9H,10H2,1-3H3,(H,23,24,26). The van der Waals surface area contributed by atoms with Gasteiger partial charge in [-0.05, 0) is 43.7 Å². The molecule has 0 fully saturated rings. The minimum absolute atomic E-state index is 0.144. The predicted molar refractivity (Wildman–Crippen MR) is 104 cm³/mol. The zero-order valence-corrected chi connectivity index (χ0v) is 16.3. The van der Waals surface area contributed by atoms with Crippen LogP contribution in [0.4, 0.5) is 10.2 Å². The Bertz CT molecular complexity index is 1000. The average molecular weight is 417 g/mol. The minimum Gasteiger partial charge on any atom is -0.355 e. The number of rotatable bonds is 4. The van der Waals surface area contributed by atoms with E-state index in [1.165, 1.54) is 12.1 Å². The normalized spacial score (nSPS) is 10.8. The van der Waals surface area contributed by atoms with E-state index < -0.39 is 0 Å². The quantitative estimate of drug-likeness (QED) is 0.698. The van der Waals surface area contributed by atoms with Gasteiger partial charge in [0.1, 0.15) is 17.5 Å². The lowest BCUT2D eigenvalue weighted by Gasteiger charge is -2.19. The number of aryl methyl sites for hydroxylation is 1. The third-order valence-corrected chi connectivity index (χ3v) is 4.97. The third-order valence-electron chi connectivity index (χ3n) is 4.23. The molecule has 7 heteroatoms. The Morgan fingerprint density at radius 2 is 2.00 bits per heavy atom. The van der Waals surface area contributed by atoms with Gasteiger partial charge < -0.3 is 9.88 Å². The summed E-state index contributed by atoms with van der Waals surface area (Å²) in [5, 5.41) is 0. The van der Waals surface area contributed by atoms with Crippen LogP contribution < -0.4 is 10.5 Å². The molecule has 0 unspecified atom stereocenters. The Labute approximate surface area is 159 Å². The predicted octanol–water partition coefficient (Wildman–Crippen LogP) is 3.99. The smallest absolute Gasteiger partial charge is 0.254 e. The van der Waals surface area contributed by atoms with Gasteiger partial charge in [-0.15, -0.1) is 0 Å². The first kappa shape index (κ1) is 18.3. The molecule has 0 bridgehead atoms. The summed E-state index contributed by atoms with van der Waals surface area (Å²) in [5.41, 5.74) is 2.87. The summed E-state index contributed by atoms with van der Waals surface area (Å²) in [6.07, 6.45) is 1.68. The van der Waals surface area contributed by atoms with Crippen LogP contribution in [0.5, 0.6) is 0 Å². The van der Waals surface area contributed by atoms with Crippen LogP contribution in [0.3, 0.4) is 0 Å². The van der Waals surface area contributed by atoms with Gasteiger partial charge in [-0.25, -0.2) is 14.4 Å². The molecule has 1 N–H and O–H groups in total. The van der Waals surface area contributed by atoms with Gasteiger partial charge in [0.15, 0.2) is 0 Å². The van der Waals surface area contributed by atoms with Gasteiger partial charge in [-0.1, -0.05) is 22.0 Å². The number of anilines is 1. The van der Waals surface area contributed by atoms with Crippen LogP contribution in [0.25, 0.3) is 11.4 Å². The fourth-order valence-electron chi connectivity index (χ4n) is 2.52. The van der Waals surface area contributed by atoms with Crippen LogP contribution in [0, 0.1) is 19.7 Å². The monoisotopic (exact) mass is 416 g/mol. The molecule has 2 aromatic heterocycles. The summed E-state index contributed by atoms with van der Waals surface area (Å²) < 4.78 is 13.9. The highest BCUT2D eigenvalue weighted by Crippen LogP contribution is 2.22. The highest BCUT2D eigenvalue weighted by Gasteiger charge is 2.10. The maximum atomic E-state index is 13.2. The summed E-state index contributed by atoms with van der Waals surface area (Å²) >= 11 is 3.38. The Kier molecular flexibility index (Phi) is 5.18. The lowest BCUT2D eigenvalue weighted by Crippen LogP contribution is -2.18. The Hall–Kier alpha value is -2.54. The van der Waals surface area contributed by atoms with E-state index in [1.54, 1.807) is 19.2 Å². The highest BCUT2D eigenvalue weighted by atomic mass is 79.9. The molecule has 0 aliphatic rings. The average Bonchev–Trinajstić information content (AvgIpc) is 2.61. The van der Waals surface area contributed by atoms with Crippen molar-refractivity contribution in [1.29, 1.82) is 0 Å². The molecule has 2 heterocycles. The number of hydrogen-bond donors (Lipinski definition) is 1. The van der Waals surface area contributed by atoms with Gasteiger partial charge in [0.2, 0.25) is 0 Å². The first-order chi connectivity index (χ1) is 12.3. The summed E-state index contributed by atoms with van der Waals surface area (Å²) in [6, 6.07) is 8.36. The minimum atomic E-state index is -0.277. The lowest BCUT2D eigenvalue weighted by molar-refractivity contribution is 0.625. The molecule has 3 aromatic rings. The highest BCUT2D eigenvalue weighted by molar-refractivity contribution is 9.10. The van der Waals surface area contributed by atoms with E-state index in [9.17, 15) is 9.18 Å². The van der Waals surface area contributed by atoms with Gasteiger partial charge in [0.25, 0.3) is 5.56 Å². The number of hydrogen-bond acceptors (Lipinski definition) is 4. The van der Waals surface area contributed by atoms with Crippen molar-refractivity contribution in [2.24, 2.45) is 0 Å². The first-order valence-corrected chi connectivity index (χ1v) is 8.83. The number of aromatic amines is 1. The molecular formula is C19H18BrFN4O. The van der Waals surface area contributed by atoms with Crippen molar-refractivity contribution in [1.82, 2.24) is 15.0 Å². The van der Waals surface area contributed by atoms with Crippen LogP contribution in [-0.4, -0.2) is 22.0 Å². The van der Waals surface area contributed by atoms with Crippen LogP contribution in [-0.2, 0) is 6.54 Å². The van der Waals surface area contributed by atoms with E-state index >= 15 is 0 Å². The van der Waals surface area contributed by atoms with E-state index in [0.717, 1.165) is 21.4 Å². The molecule has 26 heavy (non-hydrogen) atoms. The molecule has 0 radical (unpaired) electrons. The molecule has 0 aliphatic carbocycles. The fourth-order valence-corrected chi connectivity index (χ4v) is 3.00. The van der Waals surface area contributed by atoms with E-state index in [1.807, 2.05) is 31.0 Å². The number of aromatic nitrogens is 3.